The number of amides is 1. The quantitative estimate of drug-likeness (QED) is 0.196. The summed E-state index contributed by atoms with van der Waals surface area (Å²) in [6.07, 6.45) is 6.85. The van der Waals surface area contributed by atoms with Gasteiger partial charge in [0.1, 0.15) is 11.4 Å². The highest BCUT2D eigenvalue weighted by molar-refractivity contribution is 6.45. The molecule has 1 aromatic carbocycles. The van der Waals surface area contributed by atoms with Crippen molar-refractivity contribution in [2.24, 2.45) is 17.6 Å². The third-order valence-electron chi connectivity index (χ3n) is 6.92. The standard InChI is InChI=1S/C29H44N2O5/c1-8-20(9-2)17-21(10-3)13-12-16-31-19(4)25(27(33)28(30)34)26-22(31)14-11-15-23(26)35-18-24(32)36-29(5,6)7/h11,14-15,20-21H,8-10,12-13,16-18H2,1-7H3,(H2,30,34). The molecule has 7 heteroatoms. The number of ketones is 1. The van der Waals surface area contributed by atoms with Crippen molar-refractivity contribution in [2.45, 2.75) is 99.1 Å². The van der Waals surface area contributed by atoms with Gasteiger partial charge in [0.25, 0.3) is 11.7 Å². The molecule has 1 aromatic heterocycles. The van der Waals surface area contributed by atoms with E-state index < -0.39 is 23.3 Å². The lowest BCUT2D eigenvalue weighted by Gasteiger charge is -2.21. The molecule has 200 valence electrons. The number of ether oxygens (including phenoxy) is 2. The maximum Gasteiger partial charge on any atom is 0.344 e. The molecule has 0 saturated carbocycles. The molecule has 1 atom stereocenters. The molecule has 2 rings (SSSR count). The van der Waals surface area contributed by atoms with Crippen LogP contribution in [0.3, 0.4) is 0 Å². The summed E-state index contributed by atoms with van der Waals surface area (Å²) in [5.41, 5.74) is 6.46. The number of nitrogens with zero attached hydrogens (tertiary/aromatic N) is 1. The molecule has 1 amide bonds. The van der Waals surface area contributed by atoms with Gasteiger partial charge in [0.2, 0.25) is 0 Å². The van der Waals surface area contributed by atoms with E-state index >= 15 is 0 Å². The first kappa shape index (κ1) is 29.4. The monoisotopic (exact) mass is 500 g/mol. The highest BCUT2D eigenvalue weighted by Crippen LogP contribution is 2.35. The lowest BCUT2D eigenvalue weighted by Crippen LogP contribution is -2.27. The highest BCUT2D eigenvalue weighted by Gasteiger charge is 2.26. The Bertz CT molecular complexity index is 1060. The van der Waals surface area contributed by atoms with Gasteiger partial charge in [-0.3, -0.25) is 9.59 Å². The van der Waals surface area contributed by atoms with Crippen LogP contribution in [0.4, 0.5) is 0 Å². The van der Waals surface area contributed by atoms with E-state index in [4.69, 9.17) is 15.2 Å². The van der Waals surface area contributed by atoms with Crippen molar-refractivity contribution in [3.63, 3.8) is 0 Å². The Hall–Kier alpha value is -2.83. The number of hydrogen-bond donors (Lipinski definition) is 1. The van der Waals surface area contributed by atoms with Crippen LogP contribution in [0.25, 0.3) is 10.9 Å². The second-order valence-electron chi connectivity index (χ2n) is 10.7. The minimum Gasteiger partial charge on any atom is -0.481 e. The van der Waals surface area contributed by atoms with Crippen LogP contribution in [0.1, 0.15) is 96.1 Å². The molecule has 0 saturated heterocycles. The summed E-state index contributed by atoms with van der Waals surface area (Å²) < 4.78 is 13.2. The summed E-state index contributed by atoms with van der Waals surface area (Å²) in [5.74, 6) is -0.517. The van der Waals surface area contributed by atoms with E-state index in [0.29, 0.717) is 29.3 Å². The zero-order valence-electron chi connectivity index (χ0n) is 23.1. The number of Topliss-reactive ketones (excluding diaryl/α,β-unsaturated/α-hetero) is 1. The van der Waals surface area contributed by atoms with Crippen LogP contribution in [-0.2, 0) is 20.9 Å². The average molecular weight is 501 g/mol. The molecule has 7 nitrogen and oxygen atoms in total. The van der Waals surface area contributed by atoms with Gasteiger partial charge in [-0.2, -0.15) is 0 Å². The fourth-order valence-electron chi connectivity index (χ4n) is 4.93. The van der Waals surface area contributed by atoms with Gasteiger partial charge in [-0.15, -0.1) is 0 Å². The molecule has 0 fully saturated rings. The second-order valence-corrected chi connectivity index (χ2v) is 10.7. The number of aryl methyl sites for hydroxylation is 1. The smallest absolute Gasteiger partial charge is 0.344 e. The van der Waals surface area contributed by atoms with Gasteiger partial charge >= 0.3 is 5.97 Å². The molecule has 0 aliphatic heterocycles. The van der Waals surface area contributed by atoms with Crippen molar-refractivity contribution in [3.05, 3.63) is 29.5 Å². The number of carbonyl (C=O) groups is 3. The van der Waals surface area contributed by atoms with Gasteiger partial charge in [-0.25, -0.2) is 4.79 Å². The molecular weight excluding hydrogens is 456 g/mol. The molecule has 2 aromatic rings. The topological polar surface area (TPSA) is 101 Å². The Balaban J connectivity index is 2.35. The molecule has 0 aliphatic rings. The Morgan fingerprint density at radius 3 is 2.22 bits per heavy atom. The fraction of sp³-hybridized carbons (Fsp3) is 0.621. The predicted molar refractivity (Wildman–Crippen MR) is 143 cm³/mol. The van der Waals surface area contributed by atoms with E-state index in [1.165, 1.54) is 19.3 Å². The molecule has 1 unspecified atom stereocenters. The van der Waals surface area contributed by atoms with Crippen LogP contribution >= 0.6 is 0 Å². The number of primary amides is 1. The number of carbonyl (C=O) groups excluding carboxylic acids is 3. The Morgan fingerprint density at radius 2 is 1.67 bits per heavy atom. The number of aromatic nitrogens is 1. The first-order valence-corrected chi connectivity index (χ1v) is 13.2. The number of hydrogen-bond acceptors (Lipinski definition) is 5. The minimum atomic E-state index is -1.02. The van der Waals surface area contributed by atoms with Crippen LogP contribution in [0.15, 0.2) is 18.2 Å². The molecule has 0 radical (unpaired) electrons. The first-order chi connectivity index (χ1) is 16.9. The van der Waals surface area contributed by atoms with E-state index in [1.54, 1.807) is 26.8 Å². The van der Waals surface area contributed by atoms with Crippen molar-refractivity contribution < 1.29 is 23.9 Å². The molecule has 0 aliphatic carbocycles. The molecule has 2 N–H and O–H groups in total. The maximum atomic E-state index is 12.9. The van der Waals surface area contributed by atoms with E-state index in [9.17, 15) is 14.4 Å². The maximum absolute atomic E-state index is 12.9. The van der Waals surface area contributed by atoms with Crippen molar-refractivity contribution >= 4 is 28.6 Å². The van der Waals surface area contributed by atoms with Crippen LogP contribution in [0, 0.1) is 18.8 Å². The van der Waals surface area contributed by atoms with Crippen LogP contribution in [0.5, 0.6) is 5.75 Å². The second kappa shape index (κ2) is 12.9. The normalized spacial score (nSPS) is 12.7. The number of esters is 1. The molecule has 1 heterocycles. The largest absolute Gasteiger partial charge is 0.481 e. The summed E-state index contributed by atoms with van der Waals surface area (Å²) in [7, 11) is 0. The molecular formula is C29H44N2O5. The fourth-order valence-corrected chi connectivity index (χ4v) is 4.93. The Labute approximate surface area is 215 Å². The molecule has 0 spiro atoms. The van der Waals surface area contributed by atoms with E-state index in [0.717, 1.165) is 30.7 Å². The van der Waals surface area contributed by atoms with E-state index in [-0.39, 0.29) is 12.2 Å². The van der Waals surface area contributed by atoms with E-state index in [2.05, 4.69) is 25.3 Å². The van der Waals surface area contributed by atoms with Crippen molar-refractivity contribution in [1.82, 2.24) is 4.57 Å². The van der Waals surface area contributed by atoms with Crippen molar-refractivity contribution in [1.29, 1.82) is 0 Å². The Kier molecular flexibility index (Phi) is 10.6. The lowest BCUT2D eigenvalue weighted by molar-refractivity contribution is -0.157. The number of fused-ring (bicyclic) bond motifs is 1. The third kappa shape index (κ3) is 7.58. The van der Waals surface area contributed by atoms with Crippen LogP contribution in [-0.4, -0.2) is 34.4 Å². The van der Waals surface area contributed by atoms with Gasteiger partial charge in [0.05, 0.1) is 16.5 Å². The van der Waals surface area contributed by atoms with Crippen molar-refractivity contribution in [2.75, 3.05) is 6.61 Å². The average Bonchev–Trinajstić information content (AvgIpc) is 3.09. The molecule has 36 heavy (non-hydrogen) atoms. The Morgan fingerprint density at radius 1 is 1.03 bits per heavy atom. The minimum absolute atomic E-state index is 0.237. The highest BCUT2D eigenvalue weighted by atomic mass is 16.6. The lowest BCUT2D eigenvalue weighted by atomic mass is 9.86. The van der Waals surface area contributed by atoms with Gasteiger partial charge < -0.3 is 19.8 Å². The summed E-state index contributed by atoms with van der Waals surface area (Å²) in [6, 6.07) is 5.42. The van der Waals surface area contributed by atoms with Gasteiger partial charge in [-0.05, 0) is 70.9 Å². The van der Waals surface area contributed by atoms with Crippen LogP contribution < -0.4 is 10.5 Å². The molecule has 0 bridgehead atoms. The van der Waals surface area contributed by atoms with Gasteiger partial charge in [0, 0.05) is 12.2 Å². The first-order valence-electron chi connectivity index (χ1n) is 13.2. The van der Waals surface area contributed by atoms with E-state index in [1.807, 2.05) is 19.1 Å². The predicted octanol–water partition coefficient (Wildman–Crippen LogP) is 5.97. The van der Waals surface area contributed by atoms with Crippen LogP contribution in [0.2, 0.25) is 0 Å². The summed E-state index contributed by atoms with van der Waals surface area (Å²) in [4.78, 5) is 37.0. The third-order valence-corrected chi connectivity index (χ3v) is 6.92. The van der Waals surface area contributed by atoms with Crippen molar-refractivity contribution in [3.8, 4) is 5.75 Å². The SMILES string of the molecule is CCC(CC)CC(CC)CCCn1c(C)c(C(=O)C(N)=O)c2c(OCC(=O)OC(C)(C)C)cccc21. The van der Waals surface area contributed by atoms with Gasteiger partial charge in [-0.1, -0.05) is 46.1 Å². The number of benzene rings is 1. The zero-order chi connectivity index (χ0) is 27.0. The summed E-state index contributed by atoms with van der Waals surface area (Å²) in [6.45, 7) is 14.4. The summed E-state index contributed by atoms with van der Waals surface area (Å²) >= 11 is 0. The number of nitrogens with two attached hydrogens (primary N) is 1. The zero-order valence-corrected chi connectivity index (χ0v) is 23.1. The van der Waals surface area contributed by atoms with Gasteiger partial charge in [0.15, 0.2) is 6.61 Å². The number of rotatable bonds is 14. The summed E-state index contributed by atoms with van der Waals surface area (Å²) in [5, 5.41) is 0.506.